The fraction of sp³-hybridized carbons (Fsp3) is 0. The maximum absolute atomic E-state index is 5.06. The Morgan fingerprint density at radius 1 is 1.40 bits per heavy atom. The van der Waals surface area contributed by atoms with Gasteiger partial charge in [-0.1, -0.05) is 0 Å². The van der Waals surface area contributed by atoms with Crippen LogP contribution in [0.1, 0.15) is 0 Å². The third-order valence-electron chi connectivity index (χ3n) is 1.28. The highest BCUT2D eigenvalue weighted by atomic mass is 32.1. The first kappa shape index (κ1) is 5.74. The summed E-state index contributed by atoms with van der Waals surface area (Å²) in [6.45, 7) is 0. The molecule has 0 N–H and O–H groups in total. The van der Waals surface area contributed by atoms with Crippen LogP contribution in [0.15, 0.2) is 33.4 Å². The standard InChI is InChI=1S/C8H5OS/c1-2-8(9-4-1)7-3-5-10-6-7/h1-3,5-6H. The average molecular weight is 149 g/mol. The molecule has 2 aromatic rings. The zero-order valence-electron chi connectivity index (χ0n) is 5.20. The van der Waals surface area contributed by atoms with Crippen molar-refractivity contribution in [2.45, 2.75) is 0 Å². The van der Waals surface area contributed by atoms with Gasteiger partial charge in [0.05, 0.1) is 0 Å². The number of rotatable bonds is 1. The van der Waals surface area contributed by atoms with E-state index in [0.29, 0.717) is 0 Å². The van der Waals surface area contributed by atoms with Crippen molar-refractivity contribution in [2.75, 3.05) is 0 Å². The van der Waals surface area contributed by atoms with Crippen LogP contribution in [0.5, 0.6) is 0 Å². The van der Waals surface area contributed by atoms with Crippen LogP contribution in [0.4, 0.5) is 0 Å². The molecule has 1 nitrogen and oxygen atoms in total. The molecule has 0 amide bonds. The quantitative estimate of drug-likeness (QED) is 0.607. The summed E-state index contributed by atoms with van der Waals surface area (Å²) in [5.74, 6) is 0.890. The van der Waals surface area contributed by atoms with Gasteiger partial charge in [0.25, 0.3) is 0 Å². The molecule has 0 aromatic carbocycles. The summed E-state index contributed by atoms with van der Waals surface area (Å²) in [5, 5.41) is 4.07. The summed E-state index contributed by atoms with van der Waals surface area (Å²) in [7, 11) is 0. The molecule has 0 fully saturated rings. The van der Waals surface area contributed by atoms with Crippen molar-refractivity contribution < 1.29 is 4.42 Å². The van der Waals surface area contributed by atoms with E-state index in [9.17, 15) is 0 Å². The first-order valence-corrected chi connectivity index (χ1v) is 3.89. The third-order valence-corrected chi connectivity index (χ3v) is 1.96. The number of hydrogen-bond donors (Lipinski definition) is 0. The lowest BCUT2D eigenvalue weighted by Gasteiger charge is -1.84. The van der Waals surface area contributed by atoms with E-state index in [1.165, 1.54) is 0 Å². The summed E-state index contributed by atoms with van der Waals surface area (Å²) >= 11 is 1.66. The summed E-state index contributed by atoms with van der Waals surface area (Å²) < 4.78 is 5.06. The predicted octanol–water partition coefficient (Wildman–Crippen LogP) is 2.81. The molecule has 1 radical (unpaired) electrons. The number of hydrogen-bond acceptors (Lipinski definition) is 2. The number of thiophene rings is 1. The van der Waals surface area contributed by atoms with Crippen LogP contribution in [0.2, 0.25) is 0 Å². The molecular formula is C8H5OS. The molecule has 0 atom stereocenters. The largest absolute Gasteiger partial charge is 0.453 e. The summed E-state index contributed by atoms with van der Waals surface area (Å²) in [5.41, 5.74) is 1.13. The topological polar surface area (TPSA) is 13.1 Å². The number of furan rings is 1. The molecular weight excluding hydrogens is 144 g/mol. The molecule has 0 saturated carbocycles. The van der Waals surface area contributed by atoms with Gasteiger partial charge in [0.2, 0.25) is 0 Å². The first-order valence-electron chi connectivity index (χ1n) is 2.95. The summed E-state index contributed by atoms with van der Waals surface area (Å²) in [6, 6.07) is 5.70. The van der Waals surface area contributed by atoms with E-state index >= 15 is 0 Å². The van der Waals surface area contributed by atoms with Crippen LogP contribution in [0.3, 0.4) is 0 Å². The van der Waals surface area contributed by atoms with Gasteiger partial charge in [-0.15, -0.1) is 0 Å². The molecule has 0 spiro atoms. The van der Waals surface area contributed by atoms with Gasteiger partial charge in [-0.2, -0.15) is 11.3 Å². The Balaban J connectivity index is 2.48. The van der Waals surface area contributed by atoms with E-state index in [1.54, 1.807) is 17.4 Å². The predicted molar refractivity (Wildman–Crippen MR) is 40.9 cm³/mol. The Morgan fingerprint density at radius 2 is 2.40 bits per heavy atom. The van der Waals surface area contributed by atoms with Crippen molar-refractivity contribution >= 4 is 11.3 Å². The van der Waals surface area contributed by atoms with Crippen LogP contribution in [0.25, 0.3) is 11.3 Å². The Bertz CT molecular complexity index is 249. The lowest BCUT2D eigenvalue weighted by atomic mass is 10.3. The molecule has 0 unspecified atom stereocenters. The highest BCUT2D eigenvalue weighted by Crippen LogP contribution is 2.21. The van der Waals surface area contributed by atoms with Crippen molar-refractivity contribution in [2.24, 2.45) is 0 Å². The fourth-order valence-corrected chi connectivity index (χ4v) is 1.45. The van der Waals surface area contributed by atoms with Crippen LogP contribution in [-0.4, -0.2) is 0 Å². The van der Waals surface area contributed by atoms with E-state index in [4.69, 9.17) is 4.42 Å². The smallest absolute Gasteiger partial charge is 0.170 e. The zero-order valence-corrected chi connectivity index (χ0v) is 6.02. The van der Waals surface area contributed by atoms with Crippen molar-refractivity contribution in [3.05, 3.63) is 35.2 Å². The molecule has 0 aliphatic rings. The second kappa shape index (κ2) is 2.31. The molecule has 2 heterocycles. The maximum Gasteiger partial charge on any atom is 0.170 e. The Kier molecular flexibility index (Phi) is 1.32. The minimum Gasteiger partial charge on any atom is -0.453 e. The van der Waals surface area contributed by atoms with Gasteiger partial charge in [0, 0.05) is 10.9 Å². The van der Waals surface area contributed by atoms with E-state index in [-0.39, 0.29) is 0 Å². The lowest BCUT2D eigenvalue weighted by molar-refractivity contribution is 0.573. The molecule has 0 aliphatic heterocycles. The van der Waals surface area contributed by atoms with E-state index in [2.05, 4.69) is 6.26 Å². The SMILES string of the molecule is [c]1ccc(-c2ccsc2)o1. The highest BCUT2D eigenvalue weighted by Gasteiger charge is 1.97. The second-order valence-corrected chi connectivity index (χ2v) is 2.71. The van der Waals surface area contributed by atoms with E-state index in [1.807, 2.05) is 22.9 Å². The van der Waals surface area contributed by atoms with Crippen molar-refractivity contribution in [3.63, 3.8) is 0 Å². The minimum atomic E-state index is 0.890. The van der Waals surface area contributed by atoms with Crippen molar-refractivity contribution in [3.8, 4) is 11.3 Å². The molecule has 2 heteroatoms. The van der Waals surface area contributed by atoms with Crippen LogP contribution >= 0.6 is 11.3 Å². The van der Waals surface area contributed by atoms with E-state index < -0.39 is 0 Å². The molecule has 2 rings (SSSR count). The average Bonchev–Trinajstić information content (AvgIpc) is 2.59. The Morgan fingerprint density at radius 3 is 3.00 bits per heavy atom. The summed E-state index contributed by atoms with van der Waals surface area (Å²) in [4.78, 5) is 0. The molecule has 0 saturated heterocycles. The fourth-order valence-electron chi connectivity index (χ4n) is 0.801. The van der Waals surface area contributed by atoms with Gasteiger partial charge in [-0.05, 0) is 23.6 Å². The maximum atomic E-state index is 5.06. The Hall–Kier alpha value is -1.02. The van der Waals surface area contributed by atoms with Gasteiger partial charge in [0.1, 0.15) is 5.76 Å². The highest BCUT2D eigenvalue weighted by molar-refractivity contribution is 7.08. The van der Waals surface area contributed by atoms with Gasteiger partial charge in [-0.3, -0.25) is 0 Å². The van der Waals surface area contributed by atoms with Crippen LogP contribution < -0.4 is 0 Å². The van der Waals surface area contributed by atoms with Crippen LogP contribution in [0, 0.1) is 6.26 Å². The summed E-state index contributed by atoms with van der Waals surface area (Å²) in [6.07, 6.45) is 2.65. The van der Waals surface area contributed by atoms with Gasteiger partial charge < -0.3 is 4.42 Å². The molecule has 49 valence electrons. The van der Waals surface area contributed by atoms with Gasteiger partial charge in [0.15, 0.2) is 6.26 Å². The molecule has 10 heavy (non-hydrogen) atoms. The van der Waals surface area contributed by atoms with Gasteiger partial charge >= 0.3 is 0 Å². The minimum absolute atomic E-state index is 0.890. The molecule has 0 aliphatic carbocycles. The second-order valence-electron chi connectivity index (χ2n) is 1.93. The van der Waals surface area contributed by atoms with Crippen molar-refractivity contribution in [1.29, 1.82) is 0 Å². The third kappa shape index (κ3) is 0.866. The monoisotopic (exact) mass is 149 g/mol. The normalized spacial score (nSPS) is 10.0. The van der Waals surface area contributed by atoms with Crippen LogP contribution in [-0.2, 0) is 0 Å². The lowest BCUT2D eigenvalue weighted by Crippen LogP contribution is -1.61. The Labute approximate surface area is 62.9 Å². The van der Waals surface area contributed by atoms with Gasteiger partial charge in [-0.25, -0.2) is 0 Å². The molecule has 0 bridgehead atoms. The zero-order chi connectivity index (χ0) is 6.81. The molecule has 2 aromatic heterocycles. The van der Waals surface area contributed by atoms with Crippen molar-refractivity contribution in [1.82, 2.24) is 0 Å². The first-order chi connectivity index (χ1) is 4.97. The van der Waals surface area contributed by atoms with E-state index in [0.717, 1.165) is 11.3 Å².